The number of hydrogen-bond acceptors (Lipinski definition) is 15. The number of nitro groups is 3. The van der Waals surface area contributed by atoms with Gasteiger partial charge in [0.05, 0.1) is 38.5 Å². The molecule has 0 bridgehead atoms. The average Bonchev–Trinajstić information content (AvgIpc) is 4.35. The Bertz CT molecular complexity index is 3720. The van der Waals surface area contributed by atoms with E-state index in [-0.39, 0.29) is 44.6 Å². The highest BCUT2D eigenvalue weighted by atomic mass is 127. The third-order valence-corrected chi connectivity index (χ3v) is 13.1. The van der Waals surface area contributed by atoms with Crippen LogP contribution in [0.25, 0.3) is 29.6 Å². The van der Waals surface area contributed by atoms with Crippen LogP contribution < -0.4 is 31.3 Å². The number of benzene rings is 4. The third-order valence-electron chi connectivity index (χ3n) is 10.7. The molecule has 7 aromatic rings. The number of anilines is 3. The molecular formula is C49H28F3I2N9O14S. The molecule has 3 aliphatic rings. The molecular weight excluding hydrogens is 1280 g/mol. The molecule has 3 N–H and O–H groups in total. The number of alkyl halides is 3. The quantitative estimate of drug-likeness (QED) is 0.0378. The second kappa shape index (κ2) is 22.8. The highest BCUT2D eigenvalue weighted by Crippen LogP contribution is 2.34. The molecule has 3 fully saturated rings. The molecule has 6 heterocycles. The summed E-state index contributed by atoms with van der Waals surface area (Å²) < 4.78 is 51.0. The number of nitro benzene ring substituents is 1. The van der Waals surface area contributed by atoms with Gasteiger partial charge in [-0.25, -0.2) is 15.0 Å². The van der Waals surface area contributed by atoms with Crippen molar-refractivity contribution >= 4 is 144 Å². The van der Waals surface area contributed by atoms with Crippen LogP contribution in [0.3, 0.4) is 0 Å². The van der Waals surface area contributed by atoms with Gasteiger partial charge in [-0.15, -0.1) is 0 Å². The van der Waals surface area contributed by atoms with Gasteiger partial charge in [0.2, 0.25) is 0 Å². The summed E-state index contributed by atoms with van der Waals surface area (Å²) in [5.41, 5.74) is 6.98. The largest absolute Gasteiger partial charge is 0.457 e. The lowest BCUT2D eigenvalue weighted by Crippen LogP contribution is -2.35. The fourth-order valence-electron chi connectivity index (χ4n) is 7.04. The molecule has 0 radical (unpaired) electrons. The zero-order valence-corrected chi connectivity index (χ0v) is 43.8. The van der Waals surface area contributed by atoms with Crippen LogP contribution in [0.15, 0.2) is 159 Å². The van der Waals surface area contributed by atoms with E-state index in [1.807, 2.05) is 12.1 Å². The molecule has 10 rings (SSSR count). The van der Waals surface area contributed by atoms with Crippen molar-refractivity contribution in [3.8, 4) is 11.3 Å². The second-order valence-corrected chi connectivity index (χ2v) is 19.4. The van der Waals surface area contributed by atoms with Gasteiger partial charge < -0.3 is 8.83 Å². The maximum Gasteiger partial charge on any atom is 0.433 e. The topological polar surface area (TPSA) is 304 Å². The van der Waals surface area contributed by atoms with Gasteiger partial charge in [0.1, 0.15) is 38.9 Å². The van der Waals surface area contributed by atoms with Gasteiger partial charge in [0, 0.05) is 35.8 Å². The van der Waals surface area contributed by atoms with Crippen LogP contribution >= 0.6 is 56.5 Å². The molecule has 0 spiro atoms. The van der Waals surface area contributed by atoms with E-state index in [0.717, 1.165) is 53.8 Å². The van der Waals surface area contributed by atoms with E-state index < -0.39 is 67.8 Å². The molecule has 0 saturated carbocycles. The molecule has 0 aliphatic carbocycles. The minimum atomic E-state index is -4.60. The molecule has 23 nitrogen and oxygen atoms in total. The Morgan fingerprint density at radius 3 is 1.51 bits per heavy atom. The summed E-state index contributed by atoms with van der Waals surface area (Å²) in [7, 11) is 0. The number of furan rings is 2. The van der Waals surface area contributed by atoms with Crippen molar-refractivity contribution in [1.29, 1.82) is 0 Å². The highest BCUT2D eigenvalue weighted by Gasteiger charge is 2.38. The lowest BCUT2D eigenvalue weighted by atomic mass is 10.1. The summed E-state index contributed by atoms with van der Waals surface area (Å²) in [5, 5.41) is 35.0. The van der Waals surface area contributed by atoms with Crippen LogP contribution in [-0.4, -0.2) is 50.2 Å². The molecule has 3 aliphatic heterocycles. The zero-order chi connectivity index (χ0) is 56.2. The highest BCUT2D eigenvalue weighted by molar-refractivity contribution is 14.1. The fourth-order valence-corrected chi connectivity index (χ4v) is 8.52. The Balaban J connectivity index is 0.000000155. The maximum atomic E-state index is 12.8. The minimum absolute atomic E-state index is 0.0552. The normalized spacial score (nSPS) is 15.8. The van der Waals surface area contributed by atoms with Gasteiger partial charge in [0.15, 0.2) is 0 Å². The Morgan fingerprint density at radius 2 is 1.03 bits per heavy atom. The first-order valence-electron chi connectivity index (χ1n) is 21.7. The van der Waals surface area contributed by atoms with Crippen molar-refractivity contribution in [3.05, 3.63) is 210 Å². The summed E-state index contributed by atoms with van der Waals surface area (Å²) in [6.45, 7) is 0. The molecule has 3 aromatic heterocycles. The number of carbonyl (C=O) groups is 6. The number of rotatable bonds is 10. The molecule has 0 unspecified atom stereocenters. The lowest BCUT2D eigenvalue weighted by Gasteiger charge is -2.16. The number of amides is 6. The monoisotopic (exact) mass is 1310 g/mol. The summed E-state index contributed by atoms with van der Waals surface area (Å²) in [6, 6.07) is 32.3. The Kier molecular flexibility index (Phi) is 16.1. The third kappa shape index (κ3) is 12.5. The van der Waals surface area contributed by atoms with Gasteiger partial charge in [-0.05, 0) is 154 Å². The van der Waals surface area contributed by atoms with E-state index in [9.17, 15) is 72.3 Å². The summed E-state index contributed by atoms with van der Waals surface area (Å²) in [6.07, 6.45) is -0.914. The molecule has 6 amide bonds. The van der Waals surface area contributed by atoms with Crippen molar-refractivity contribution in [1.82, 2.24) is 16.3 Å². The summed E-state index contributed by atoms with van der Waals surface area (Å²) >= 11 is 5.03. The Hall–Kier alpha value is -9.37. The van der Waals surface area contributed by atoms with E-state index in [4.69, 9.17) is 8.83 Å². The van der Waals surface area contributed by atoms with Crippen molar-refractivity contribution in [2.75, 3.05) is 15.0 Å². The molecule has 3 saturated heterocycles. The number of non-ortho nitro benzene ring substituents is 1. The van der Waals surface area contributed by atoms with Crippen LogP contribution in [0.4, 0.5) is 46.8 Å². The molecule has 78 heavy (non-hydrogen) atoms. The predicted molar refractivity (Wildman–Crippen MR) is 288 cm³/mol. The van der Waals surface area contributed by atoms with Gasteiger partial charge in [0.25, 0.3) is 41.1 Å². The first kappa shape index (κ1) is 54.9. The van der Waals surface area contributed by atoms with Gasteiger partial charge >= 0.3 is 17.1 Å². The van der Waals surface area contributed by atoms with E-state index in [0.29, 0.717) is 32.6 Å². The molecule has 4 aromatic carbocycles. The minimum Gasteiger partial charge on any atom is -0.457 e. The van der Waals surface area contributed by atoms with Crippen LogP contribution in [0.5, 0.6) is 0 Å². The number of hydrazine groups is 3. The smallest absolute Gasteiger partial charge is 0.433 e. The van der Waals surface area contributed by atoms with E-state index >= 15 is 0 Å². The van der Waals surface area contributed by atoms with Crippen LogP contribution in [0.1, 0.15) is 22.0 Å². The predicted octanol–water partition coefficient (Wildman–Crippen LogP) is 9.31. The molecule has 0 atom stereocenters. The Morgan fingerprint density at radius 1 is 0.526 bits per heavy atom. The van der Waals surface area contributed by atoms with E-state index in [2.05, 4.69) is 61.5 Å². The van der Waals surface area contributed by atoms with Gasteiger partial charge in [-0.1, -0.05) is 29.5 Å². The second-order valence-electron chi connectivity index (χ2n) is 15.8. The van der Waals surface area contributed by atoms with E-state index in [1.165, 1.54) is 53.6 Å². The standard InChI is InChI=1S/C20H12IN3O5.C15H8F3N3O4S.C14H8IN3O5/c21-13-4-6-14(7-5-13)23-20(26)17(19(25)22-23)11-16-8-9-18(29-16)12-2-1-3-15(10-12)24(27)28;16-15(17,18)8-2-1-3-9(6-8)20-14(23)11(13(22)19-20)7-10-4-5-12(26-10)21(24)25;15-8-1-3-9(4-2-8)17-14(20)11(13(19)16-17)7-10-5-6-12(23-10)18(21)22/h1-11H,(H,22,25);1-7H,(H,19,22);1-7H,(H,16,19). The van der Waals surface area contributed by atoms with Gasteiger partial charge in [-0.3, -0.25) is 75.4 Å². The zero-order valence-electron chi connectivity index (χ0n) is 38.6. The average molecular weight is 1310 g/mol. The van der Waals surface area contributed by atoms with Crippen molar-refractivity contribution < 1.29 is 65.5 Å². The van der Waals surface area contributed by atoms with Gasteiger partial charge in [-0.2, -0.15) is 13.2 Å². The molecule has 29 heteroatoms. The number of nitrogens with zero attached hydrogens (tertiary/aromatic N) is 6. The maximum absolute atomic E-state index is 12.8. The van der Waals surface area contributed by atoms with Crippen LogP contribution in [0.2, 0.25) is 0 Å². The summed E-state index contributed by atoms with van der Waals surface area (Å²) in [5.74, 6) is -3.60. The Labute approximate surface area is 464 Å². The van der Waals surface area contributed by atoms with Crippen molar-refractivity contribution in [2.24, 2.45) is 0 Å². The molecule has 394 valence electrons. The number of carbonyl (C=O) groups excluding carboxylic acids is 6. The fraction of sp³-hybridized carbons (Fsp3) is 0.0204. The van der Waals surface area contributed by atoms with E-state index in [1.54, 1.807) is 60.7 Å². The van der Waals surface area contributed by atoms with Crippen LogP contribution in [-0.2, 0) is 34.9 Å². The first-order valence-corrected chi connectivity index (χ1v) is 24.6. The number of thiophene rings is 1. The number of halogens is 5. The number of hydrogen-bond donors (Lipinski definition) is 3. The summed E-state index contributed by atoms with van der Waals surface area (Å²) in [4.78, 5) is 104. The number of nitrogens with one attached hydrogen (secondary N) is 3. The van der Waals surface area contributed by atoms with Crippen LogP contribution in [0, 0.1) is 37.5 Å². The van der Waals surface area contributed by atoms with Crippen molar-refractivity contribution in [2.45, 2.75) is 6.18 Å². The first-order chi connectivity index (χ1) is 37.0. The van der Waals surface area contributed by atoms with Crippen molar-refractivity contribution in [3.63, 3.8) is 0 Å². The lowest BCUT2D eigenvalue weighted by molar-refractivity contribution is -0.402. The SMILES string of the molecule is O=C1NN(c2ccc(I)cc2)C(=O)C1=Cc1ccc(-c2cccc([N+](=O)[O-])c2)o1.O=C1NN(c2ccc(I)cc2)C(=O)C1=Cc1ccc([N+](=O)[O-])o1.O=C1NN(c2cccc(C(F)(F)F)c2)C(=O)C1=Cc1ccc([N+](=O)[O-])s1.